The summed E-state index contributed by atoms with van der Waals surface area (Å²) in [6.07, 6.45) is 7.00. The highest BCUT2D eigenvalue weighted by molar-refractivity contribution is 5.30. The third-order valence-corrected chi connectivity index (χ3v) is 3.75. The summed E-state index contributed by atoms with van der Waals surface area (Å²) >= 11 is 0. The van der Waals surface area contributed by atoms with Gasteiger partial charge in [-0.15, -0.1) is 0 Å². The first-order chi connectivity index (χ1) is 7.81. The predicted octanol–water partition coefficient (Wildman–Crippen LogP) is 1.52. The molecular weight excluding hydrogens is 200 g/mol. The molecule has 1 aromatic heterocycles. The Labute approximate surface area is 95.3 Å². The molecule has 3 rings (SSSR count). The van der Waals surface area contributed by atoms with E-state index in [-0.39, 0.29) is 5.56 Å². The summed E-state index contributed by atoms with van der Waals surface area (Å²) in [4.78, 5) is 12.2. The molecule has 0 amide bonds. The molecule has 1 aromatic rings. The molecule has 0 saturated heterocycles. The Morgan fingerprint density at radius 2 is 2.06 bits per heavy atom. The highest BCUT2D eigenvalue weighted by Crippen LogP contribution is 2.36. The second kappa shape index (κ2) is 3.74. The normalized spacial score (nSPS) is 19.6. The van der Waals surface area contributed by atoms with Gasteiger partial charge in [-0.25, -0.2) is 0 Å². The van der Waals surface area contributed by atoms with Crippen LogP contribution in [0.4, 0.5) is 0 Å². The third kappa shape index (κ3) is 1.50. The largest absolute Gasteiger partial charge is 0.326 e. The van der Waals surface area contributed by atoms with Crippen LogP contribution < -0.4 is 11.3 Å². The van der Waals surface area contributed by atoms with Crippen LogP contribution in [-0.2, 0) is 19.4 Å². The second-order valence-corrected chi connectivity index (χ2v) is 4.96. The maximum atomic E-state index is 12.2. The maximum Gasteiger partial charge on any atom is 0.255 e. The number of fused-ring (bicyclic) bond motifs is 1. The molecule has 0 aliphatic heterocycles. The maximum absolute atomic E-state index is 12.2. The molecule has 2 N–H and O–H groups in total. The number of rotatable bonds is 2. The van der Waals surface area contributed by atoms with Gasteiger partial charge in [-0.1, -0.05) is 0 Å². The molecule has 1 saturated carbocycles. The van der Waals surface area contributed by atoms with Crippen LogP contribution >= 0.6 is 0 Å². The molecule has 0 unspecified atom stereocenters. The topological polar surface area (TPSA) is 48.0 Å². The van der Waals surface area contributed by atoms with Crippen LogP contribution in [0.5, 0.6) is 0 Å². The van der Waals surface area contributed by atoms with Gasteiger partial charge in [-0.3, -0.25) is 4.79 Å². The van der Waals surface area contributed by atoms with E-state index in [4.69, 9.17) is 5.73 Å². The lowest BCUT2D eigenvalue weighted by Crippen LogP contribution is -2.30. The van der Waals surface area contributed by atoms with Crippen LogP contribution in [0.1, 0.15) is 48.5 Å². The third-order valence-electron chi connectivity index (χ3n) is 3.75. The molecule has 0 radical (unpaired) electrons. The van der Waals surface area contributed by atoms with Gasteiger partial charge in [0.1, 0.15) is 0 Å². The van der Waals surface area contributed by atoms with Gasteiger partial charge in [0.15, 0.2) is 0 Å². The van der Waals surface area contributed by atoms with Crippen molar-refractivity contribution in [1.29, 1.82) is 0 Å². The van der Waals surface area contributed by atoms with E-state index in [0.29, 0.717) is 12.6 Å². The highest BCUT2D eigenvalue weighted by atomic mass is 16.1. The summed E-state index contributed by atoms with van der Waals surface area (Å²) in [5.74, 6) is 0. The van der Waals surface area contributed by atoms with Crippen molar-refractivity contribution < 1.29 is 0 Å². The summed E-state index contributed by atoms with van der Waals surface area (Å²) in [6.45, 7) is 0.374. The standard InChI is InChI=1S/C13H18N2O/c14-8-10-7-9-3-1-2-4-12(9)15(13(10)16)11-5-6-11/h7,11H,1-6,8,14H2. The number of pyridine rings is 1. The zero-order valence-electron chi connectivity index (χ0n) is 9.54. The Morgan fingerprint density at radius 3 is 2.75 bits per heavy atom. The lowest BCUT2D eigenvalue weighted by molar-refractivity contribution is 0.578. The molecular formula is C13H18N2O. The molecule has 2 aliphatic rings. The van der Waals surface area contributed by atoms with Crippen LogP contribution in [0, 0.1) is 0 Å². The van der Waals surface area contributed by atoms with Gasteiger partial charge in [0.2, 0.25) is 0 Å². The number of hydrogen-bond acceptors (Lipinski definition) is 2. The van der Waals surface area contributed by atoms with Gasteiger partial charge in [-0.05, 0) is 50.2 Å². The molecule has 1 fully saturated rings. The Hall–Kier alpha value is -1.09. The van der Waals surface area contributed by atoms with Gasteiger partial charge in [-0.2, -0.15) is 0 Å². The van der Waals surface area contributed by atoms with E-state index >= 15 is 0 Å². The molecule has 0 bridgehead atoms. The Bertz CT molecular complexity index is 472. The molecule has 2 aliphatic carbocycles. The zero-order valence-corrected chi connectivity index (χ0v) is 9.54. The fourth-order valence-electron chi connectivity index (χ4n) is 2.76. The van der Waals surface area contributed by atoms with Crippen molar-refractivity contribution in [1.82, 2.24) is 4.57 Å². The minimum absolute atomic E-state index is 0.172. The van der Waals surface area contributed by atoms with Crippen molar-refractivity contribution in [2.24, 2.45) is 5.73 Å². The Kier molecular flexibility index (Phi) is 2.36. The van der Waals surface area contributed by atoms with Gasteiger partial charge in [0.25, 0.3) is 5.56 Å². The number of aryl methyl sites for hydroxylation is 1. The van der Waals surface area contributed by atoms with Crippen molar-refractivity contribution in [3.63, 3.8) is 0 Å². The van der Waals surface area contributed by atoms with Crippen molar-refractivity contribution in [2.45, 2.75) is 51.1 Å². The van der Waals surface area contributed by atoms with E-state index in [0.717, 1.165) is 18.4 Å². The Morgan fingerprint density at radius 1 is 1.31 bits per heavy atom. The second-order valence-electron chi connectivity index (χ2n) is 4.96. The first kappa shape index (κ1) is 10.1. The lowest BCUT2D eigenvalue weighted by Gasteiger charge is -2.22. The number of aromatic nitrogens is 1. The van der Waals surface area contributed by atoms with Crippen molar-refractivity contribution >= 4 is 0 Å². The van der Waals surface area contributed by atoms with E-state index in [2.05, 4.69) is 10.6 Å². The highest BCUT2D eigenvalue weighted by Gasteiger charge is 2.29. The number of nitrogens with zero attached hydrogens (tertiary/aromatic N) is 1. The first-order valence-corrected chi connectivity index (χ1v) is 6.27. The van der Waals surface area contributed by atoms with E-state index in [1.165, 1.54) is 36.9 Å². The summed E-state index contributed by atoms with van der Waals surface area (Å²) in [5, 5.41) is 0. The van der Waals surface area contributed by atoms with Crippen molar-refractivity contribution in [3.05, 3.63) is 33.2 Å². The fourth-order valence-corrected chi connectivity index (χ4v) is 2.76. The fraction of sp³-hybridized carbons (Fsp3) is 0.615. The molecule has 0 aromatic carbocycles. The SMILES string of the molecule is NCc1cc2c(n(C3CC3)c1=O)CCCC2. The molecule has 86 valence electrons. The van der Waals surface area contributed by atoms with Crippen LogP contribution in [0.15, 0.2) is 10.9 Å². The van der Waals surface area contributed by atoms with Gasteiger partial charge >= 0.3 is 0 Å². The molecule has 16 heavy (non-hydrogen) atoms. The van der Waals surface area contributed by atoms with Crippen molar-refractivity contribution in [3.8, 4) is 0 Å². The minimum Gasteiger partial charge on any atom is -0.326 e. The predicted molar refractivity (Wildman–Crippen MR) is 63.5 cm³/mol. The lowest BCUT2D eigenvalue weighted by atomic mass is 9.94. The Balaban J connectivity index is 2.21. The monoisotopic (exact) mass is 218 g/mol. The number of hydrogen-bond donors (Lipinski definition) is 1. The summed E-state index contributed by atoms with van der Waals surface area (Å²) in [6, 6.07) is 2.53. The van der Waals surface area contributed by atoms with Crippen LogP contribution in [0.3, 0.4) is 0 Å². The van der Waals surface area contributed by atoms with Crippen molar-refractivity contribution in [2.75, 3.05) is 0 Å². The minimum atomic E-state index is 0.172. The average Bonchev–Trinajstić information content (AvgIpc) is 3.12. The molecule has 0 atom stereocenters. The van der Waals surface area contributed by atoms with E-state index in [1.807, 2.05) is 0 Å². The number of nitrogens with two attached hydrogens (primary N) is 1. The van der Waals surface area contributed by atoms with Crippen LogP contribution in [-0.4, -0.2) is 4.57 Å². The van der Waals surface area contributed by atoms with E-state index in [9.17, 15) is 4.79 Å². The molecule has 3 nitrogen and oxygen atoms in total. The van der Waals surface area contributed by atoms with E-state index < -0.39 is 0 Å². The van der Waals surface area contributed by atoms with E-state index in [1.54, 1.807) is 0 Å². The average molecular weight is 218 g/mol. The van der Waals surface area contributed by atoms with Gasteiger partial charge in [0.05, 0.1) is 0 Å². The quantitative estimate of drug-likeness (QED) is 0.818. The zero-order chi connectivity index (χ0) is 11.1. The smallest absolute Gasteiger partial charge is 0.255 e. The summed E-state index contributed by atoms with van der Waals surface area (Å²) in [7, 11) is 0. The van der Waals surface area contributed by atoms with Crippen LogP contribution in [0.25, 0.3) is 0 Å². The molecule has 0 spiro atoms. The molecule has 3 heteroatoms. The van der Waals surface area contributed by atoms with Gasteiger partial charge in [0, 0.05) is 23.8 Å². The summed E-state index contributed by atoms with van der Waals surface area (Å²) in [5.41, 5.74) is 9.31. The summed E-state index contributed by atoms with van der Waals surface area (Å²) < 4.78 is 2.05. The first-order valence-electron chi connectivity index (χ1n) is 6.27. The van der Waals surface area contributed by atoms with Gasteiger partial charge < -0.3 is 10.3 Å². The van der Waals surface area contributed by atoms with Crippen LogP contribution in [0.2, 0.25) is 0 Å². The molecule has 1 heterocycles.